The first-order chi connectivity index (χ1) is 9.20. The second-order valence-corrected chi connectivity index (χ2v) is 4.68. The van der Waals surface area contributed by atoms with Gasteiger partial charge in [0.1, 0.15) is 5.82 Å². The Morgan fingerprint density at radius 3 is 3.11 bits per heavy atom. The maximum absolute atomic E-state index is 13.0. The van der Waals surface area contributed by atoms with Crippen molar-refractivity contribution in [3.8, 4) is 0 Å². The third kappa shape index (κ3) is 3.75. The topological polar surface area (TPSA) is 55.6 Å². The van der Waals surface area contributed by atoms with Crippen molar-refractivity contribution in [2.24, 2.45) is 5.73 Å². The number of amides is 1. The van der Waals surface area contributed by atoms with Crippen LogP contribution in [-0.4, -0.2) is 43.2 Å². The van der Waals surface area contributed by atoms with Gasteiger partial charge in [-0.3, -0.25) is 4.79 Å². The van der Waals surface area contributed by atoms with Crippen LogP contribution in [0.2, 0.25) is 0 Å². The minimum Gasteiger partial charge on any atom is -0.377 e. The highest BCUT2D eigenvalue weighted by atomic mass is 19.1. The molecule has 0 spiro atoms. The fraction of sp³-hybridized carbons (Fsp3) is 0.500. The predicted molar refractivity (Wildman–Crippen MR) is 70.1 cm³/mol. The van der Waals surface area contributed by atoms with Gasteiger partial charge in [0, 0.05) is 19.5 Å². The number of halogens is 1. The van der Waals surface area contributed by atoms with E-state index >= 15 is 0 Å². The monoisotopic (exact) mass is 266 g/mol. The van der Waals surface area contributed by atoms with E-state index < -0.39 is 0 Å². The summed E-state index contributed by atoms with van der Waals surface area (Å²) in [5, 5.41) is 0. The Morgan fingerprint density at radius 2 is 2.37 bits per heavy atom. The van der Waals surface area contributed by atoms with E-state index in [9.17, 15) is 9.18 Å². The fourth-order valence-corrected chi connectivity index (χ4v) is 2.27. The molecule has 1 aromatic carbocycles. The first-order valence-corrected chi connectivity index (χ1v) is 6.52. The molecule has 2 rings (SSSR count). The van der Waals surface area contributed by atoms with Crippen molar-refractivity contribution in [1.29, 1.82) is 0 Å². The van der Waals surface area contributed by atoms with Gasteiger partial charge in [0.05, 0.1) is 19.3 Å². The summed E-state index contributed by atoms with van der Waals surface area (Å²) in [5.41, 5.74) is 6.47. The zero-order valence-corrected chi connectivity index (χ0v) is 10.8. The lowest BCUT2D eigenvalue weighted by Gasteiger charge is -2.35. The fourth-order valence-electron chi connectivity index (χ4n) is 2.27. The number of nitrogens with two attached hydrogens (primary N) is 1. The lowest BCUT2D eigenvalue weighted by molar-refractivity contribution is -0.139. The van der Waals surface area contributed by atoms with Crippen molar-refractivity contribution in [3.63, 3.8) is 0 Å². The van der Waals surface area contributed by atoms with Gasteiger partial charge >= 0.3 is 0 Å². The minimum absolute atomic E-state index is 0.0336. The molecule has 0 saturated carbocycles. The summed E-state index contributed by atoms with van der Waals surface area (Å²) in [7, 11) is 0. The van der Waals surface area contributed by atoms with Crippen LogP contribution < -0.4 is 5.73 Å². The molecule has 0 aromatic heterocycles. The lowest BCUT2D eigenvalue weighted by atomic mass is 10.1. The quantitative estimate of drug-likeness (QED) is 0.882. The van der Waals surface area contributed by atoms with Crippen molar-refractivity contribution < 1.29 is 13.9 Å². The number of carbonyl (C=O) groups is 1. The maximum atomic E-state index is 13.0. The molecule has 1 fully saturated rings. The highest BCUT2D eigenvalue weighted by molar-refractivity contribution is 5.77. The standard InChI is InChI=1S/C14H19FN2O2/c15-12-3-1-2-11(8-12)4-5-14(18)17-6-7-19-10-13(17)9-16/h1-3,8,13H,4-7,9-10,16H2. The number of hydrogen-bond donors (Lipinski definition) is 1. The third-order valence-corrected chi connectivity index (χ3v) is 3.34. The van der Waals surface area contributed by atoms with Gasteiger partial charge < -0.3 is 15.4 Å². The molecule has 1 unspecified atom stereocenters. The van der Waals surface area contributed by atoms with Gasteiger partial charge in [0.25, 0.3) is 0 Å². The summed E-state index contributed by atoms with van der Waals surface area (Å²) < 4.78 is 18.3. The van der Waals surface area contributed by atoms with E-state index in [0.717, 1.165) is 5.56 Å². The molecule has 0 bridgehead atoms. The van der Waals surface area contributed by atoms with Gasteiger partial charge in [0.15, 0.2) is 0 Å². The number of hydrogen-bond acceptors (Lipinski definition) is 3. The van der Waals surface area contributed by atoms with Crippen molar-refractivity contribution in [1.82, 2.24) is 4.90 Å². The van der Waals surface area contributed by atoms with Crippen LogP contribution in [0, 0.1) is 5.82 Å². The molecule has 5 heteroatoms. The average Bonchev–Trinajstić information content (AvgIpc) is 2.45. The Balaban J connectivity index is 1.89. The van der Waals surface area contributed by atoms with Crippen LogP contribution in [0.5, 0.6) is 0 Å². The molecule has 1 aliphatic heterocycles. The van der Waals surface area contributed by atoms with Gasteiger partial charge in [-0.1, -0.05) is 12.1 Å². The number of aryl methyl sites for hydroxylation is 1. The predicted octanol–water partition coefficient (Wildman–Crippen LogP) is 0.944. The number of rotatable bonds is 4. The first kappa shape index (κ1) is 14.0. The Bertz CT molecular complexity index is 439. The molecular formula is C14H19FN2O2. The second-order valence-electron chi connectivity index (χ2n) is 4.68. The zero-order valence-electron chi connectivity index (χ0n) is 10.8. The maximum Gasteiger partial charge on any atom is 0.223 e. The highest BCUT2D eigenvalue weighted by Gasteiger charge is 2.25. The van der Waals surface area contributed by atoms with E-state index in [1.54, 1.807) is 11.0 Å². The van der Waals surface area contributed by atoms with Crippen molar-refractivity contribution in [2.75, 3.05) is 26.3 Å². The van der Waals surface area contributed by atoms with Crippen LogP contribution >= 0.6 is 0 Å². The zero-order chi connectivity index (χ0) is 13.7. The Hall–Kier alpha value is -1.46. The summed E-state index contributed by atoms with van der Waals surface area (Å²) >= 11 is 0. The molecule has 1 saturated heterocycles. The molecule has 4 nitrogen and oxygen atoms in total. The molecule has 104 valence electrons. The minimum atomic E-state index is -0.267. The van der Waals surface area contributed by atoms with E-state index in [4.69, 9.17) is 10.5 Å². The molecule has 0 radical (unpaired) electrons. The number of morpholine rings is 1. The molecule has 1 aromatic rings. The molecule has 19 heavy (non-hydrogen) atoms. The Morgan fingerprint density at radius 1 is 1.53 bits per heavy atom. The molecule has 2 N–H and O–H groups in total. The summed E-state index contributed by atoms with van der Waals surface area (Å²) in [6.45, 7) is 2.06. The molecule has 1 atom stereocenters. The number of ether oxygens (including phenoxy) is 1. The van der Waals surface area contributed by atoms with Gasteiger partial charge in [0.2, 0.25) is 5.91 Å². The Kier molecular flexibility index (Phi) is 4.87. The molecule has 1 heterocycles. The smallest absolute Gasteiger partial charge is 0.223 e. The summed E-state index contributed by atoms with van der Waals surface area (Å²) in [5.74, 6) is -0.209. The van der Waals surface area contributed by atoms with E-state index in [1.807, 2.05) is 6.07 Å². The summed E-state index contributed by atoms with van der Waals surface area (Å²) in [4.78, 5) is 13.9. The van der Waals surface area contributed by atoms with Crippen LogP contribution in [0.1, 0.15) is 12.0 Å². The van der Waals surface area contributed by atoms with E-state index in [0.29, 0.717) is 39.1 Å². The first-order valence-electron chi connectivity index (χ1n) is 6.52. The highest BCUT2D eigenvalue weighted by Crippen LogP contribution is 2.11. The summed E-state index contributed by atoms with van der Waals surface area (Å²) in [6.07, 6.45) is 0.922. The second kappa shape index (κ2) is 6.63. The molecular weight excluding hydrogens is 247 g/mol. The van der Waals surface area contributed by atoms with Crippen molar-refractivity contribution in [3.05, 3.63) is 35.6 Å². The molecule has 1 amide bonds. The van der Waals surface area contributed by atoms with E-state index in [2.05, 4.69) is 0 Å². The van der Waals surface area contributed by atoms with Gasteiger partial charge in [-0.05, 0) is 24.1 Å². The molecule has 1 aliphatic rings. The van der Waals surface area contributed by atoms with Gasteiger partial charge in [-0.25, -0.2) is 4.39 Å². The lowest BCUT2D eigenvalue weighted by Crippen LogP contribution is -2.52. The number of benzene rings is 1. The van der Waals surface area contributed by atoms with Crippen LogP contribution in [0.4, 0.5) is 4.39 Å². The largest absolute Gasteiger partial charge is 0.377 e. The Labute approximate surface area is 112 Å². The third-order valence-electron chi connectivity index (χ3n) is 3.34. The SMILES string of the molecule is NCC1COCCN1C(=O)CCc1cccc(F)c1. The van der Waals surface area contributed by atoms with Gasteiger partial charge in [-0.2, -0.15) is 0 Å². The van der Waals surface area contributed by atoms with Crippen molar-refractivity contribution >= 4 is 5.91 Å². The van der Waals surface area contributed by atoms with Crippen LogP contribution in [0.25, 0.3) is 0 Å². The van der Waals surface area contributed by atoms with Crippen LogP contribution in [-0.2, 0) is 16.0 Å². The van der Waals surface area contributed by atoms with E-state index in [-0.39, 0.29) is 17.8 Å². The summed E-state index contributed by atoms with van der Waals surface area (Å²) in [6, 6.07) is 6.32. The molecule has 0 aliphatic carbocycles. The van der Waals surface area contributed by atoms with Gasteiger partial charge in [-0.15, -0.1) is 0 Å². The number of nitrogens with zero attached hydrogens (tertiary/aromatic N) is 1. The average molecular weight is 266 g/mol. The normalized spacial score (nSPS) is 19.5. The van der Waals surface area contributed by atoms with Crippen molar-refractivity contribution in [2.45, 2.75) is 18.9 Å². The van der Waals surface area contributed by atoms with Crippen LogP contribution in [0.15, 0.2) is 24.3 Å². The number of carbonyl (C=O) groups excluding carboxylic acids is 1. The van der Waals surface area contributed by atoms with E-state index in [1.165, 1.54) is 12.1 Å². The van der Waals surface area contributed by atoms with Crippen LogP contribution in [0.3, 0.4) is 0 Å².